The molecule has 2 rings (SSSR count). The quantitative estimate of drug-likeness (QED) is 0.821. The van der Waals surface area contributed by atoms with Crippen LogP contribution in [-0.4, -0.2) is 38.8 Å². The van der Waals surface area contributed by atoms with Crippen molar-refractivity contribution in [2.24, 2.45) is 0 Å². The molecule has 2 atom stereocenters. The molecule has 1 aliphatic heterocycles. The molecule has 5 nitrogen and oxygen atoms in total. The lowest BCUT2D eigenvalue weighted by Crippen LogP contribution is -2.40. The lowest BCUT2D eigenvalue weighted by Gasteiger charge is -2.20. The molecule has 1 heterocycles. The van der Waals surface area contributed by atoms with E-state index in [0.29, 0.717) is 11.3 Å². The predicted octanol–water partition coefficient (Wildman–Crippen LogP) is 1.63. The smallest absolute Gasteiger partial charge is 0.251 e. The van der Waals surface area contributed by atoms with Gasteiger partial charge in [-0.1, -0.05) is 0 Å². The molecule has 1 amide bonds. The van der Waals surface area contributed by atoms with Crippen LogP contribution in [0.2, 0.25) is 0 Å². The Hall–Kier alpha value is -1.75. The van der Waals surface area contributed by atoms with Gasteiger partial charge in [0.1, 0.15) is 0 Å². The summed E-state index contributed by atoms with van der Waals surface area (Å²) in [7, 11) is 3.84. The summed E-state index contributed by atoms with van der Waals surface area (Å²) in [6, 6.07) is 5.39. The fourth-order valence-electron chi connectivity index (χ4n) is 2.48. The van der Waals surface area contributed by atoms with E-state index in [0.717, 1.165) is 25.1 Å². The molecule has 20 heavy (non-hydrogen) atoms. The molecule has 1 saturated heterocycles. The van der Waals surface area contributed by atoms with E-state index >= 15 is 0 Å². The number of carbonyl (C=O) groups excluding carboxylic acids is 1. The SMILES string of the molecule is CC(NC(=O)c1ccc(N(C)C)c(N)c1)C1CCCO1. The first kappa shape index (κ1) is 14.7. The molecule has 5 heteroatoms. The van der Waals surface area contributed by atoms with Crippen molar-refractivity contribution in [2.75, 3.05) is 31.3 Å². The Morgan fingerprint density at radius 3 is 2.80 bits per heavy atom. The maximum absolute atomic E-state index is 12.2. The van der Waals surface area contributed by atoms with Gasteiger partial charge in [0.15, 0.2) is 0 Å². The Kier molecular flexibility index (Phi) is 4.49. The summed E-state index contributed by atoms with van der Waals surface area (Å²) < 4.78 is 5.58. The molecule has 1 aromatic rings. The molecule has 0 spiro atoms. The monoisotopic (exact) mass is 277 g/mol. The third-order valence-electron chi connectivity index (χ3n) is 3.65. The average Bonchev–Trinajstić information content (AvgIpc) is 2.91. The Morgan fingerprint density at radius 2 is 2.25 bits per heavy atom. The largest absolute Gasteiger partial charge is 0.397 e. The second-order valence-corrected chi connectivity index (χ2v) is 5.48. The van der Waals surface area contributed by atoms with Crippen molar-refractivity contribution in [3.63, 3.8) is 0 Å². The Balaban J connectivity index is 2.03. The molecule has 3 N–H and O–H groups in total. The number of carbonyl (C=O) groups is 1. The number of benzene rings is 1. The van der Waals surface area contributed by atoms with Crippen LogP contribution < -0.4 is 16.0 Å². The summed E-state index contributed by atoms with van der Waals surface area (Å²) in [5, 5.41) is 2.98. The molecule has 1 fully saturated rings. The van der Waals surface area contributed by atoms with Crippen LogP contribution in [-0.2, 0) is 4.74 Å². The van der Waals surface area contributed by atoms with Crippen LogP contribution in [0.3, 0.4) is 0 Å². The van der Waals surface area contributed by atoms with Crippen LogP contribution in [0.4, 0.5) is 11.4 Å². The summed E-state index contributed by atoms with van der Waals surface area (Å²) in [6.45, 7) is 2.76. The van der Waals surface area contributed by atoms with Gasteiger partial charge in [0.05, 0.1) is 23.5 Å². The van der Waals surface area contributed by atoms with Crippen molar-refractivity contribution >= 4 is 17.3 Å². The van der Waals surface area contributed by atoms with E-state index in [2.05, 4.69) is 5.32 Å². The molecule has 0 aliphatic carbocycles. The maximum Gasteiger partial charge on any atom is 0.251 e. The molecule has 110 valence electrons. The number of hydrogen-bond donors (Lipinski definition) is 2. The average molecular weight is 277 g/mol. The number of rotatable bonds is 4. The van der Waals surface area contributed by atoms with E-state index in [9.17, 15) is 4.79 Å². The predicted molar refractivity (Wildman–Crippen MR) is 81.1 cm³/mol. The standard InChI is InChI=1S/C15H23N3O2/c1-10(14-5-4-8-20-14)17-15(19)11-6-7-13(18(2)3)12(16)9-11/h6-7,9-10,14H,4-5,8,16H2,1-3H3,(H,17,19). The number of nitrogens with two attached hydrogens (primary N) is 1. The third kappa shape index (κ3) is 3.22. The van der Waals surface area contributed by atoms with Crippen LogP contribution in [0, 0.1) is 0 Å². The second-order valence-electron chi connectivity index (χ2n) is 5.48. The number of ether oxygens (including phenoxy) is 1. The van der Waals surface area contributed by atoms with Crippen molar-refractivity contribution in [1.29, 1.82) is 0 Å². The molecular weight excluding hydrogens is 254 g/mol. The number of anilines is 2. The number of hydrogen-bond acceptors (Lipinski definition) is 4. The van der Waals surface area contributed by atoms with Gasteiger partial charge in [0.2, 0.25) is 0 Å². The van der Waals surface area contributed by atoms with Crippen molar-refractivity contribution in [3.8, 4) is 0 Å². The van der Waals surface area contributed by atoms with Gasteiger partial charge in [-0.15, -0.1) is 0 Å². The summed E-state index contributed by atoms with van der Waals surface area (Å²) in [4.78, 5) is 14.1. The topological polar surface area (TPSA) is 67.6 Å². The van der Waals surface area contributed by atoms with Crippen molar-refractivity contribution in [3.05, 3.63) is 23.8 Å². The van der Waals surface area contributed by atoms with Gasteiger partial charge < -0.3 is 20.7 Å². The zero-order valence-electron chi connectivity index (χ0n) is 12.3. The lowest BCUT2D eigenvalue weighted by atomic mass is 10.1. The highest BCUT2D eigenvalue weighted by atomic mass is 16.5. The summed E-state index contributed by atoms with van der Waals surface area (Å²) in [5.41, 5.74) is 8.06. The third-order valence-corrected chi connectivity index (χ3v) is 3.65. The fraction of sp³-hybridized carbons (Fsp3) is 0.533. The summed E-state index contributed by atoms with van der Waals surface area (Å²) in [6.07, 6.45) is 2.19. The lowest BCUT2D eigenvalue weighted by molar-refractivity contribution is 0.0712. The number of amides is 1. The van der Waals surface area contributed by atoms with Crippen molar-refractivity contribution in [2.45, 2.75) is 31.9 Å². The van der Waals surface area contributed by atoms with Gasteiger partial charge >= 0.3 is 0 Å². The molecule has 0 saturated carbocycles. The van der Waals surface area contributed by atoms with E-state index < -0.39 is 0 Å². The maximum atomic E-state index is 12.2. The molecule has 0 bridgehead atoms. The Bertz CT molecular complexity index is 482. The summed E-state index contributed by atoms with van der Waals surface area (Å²) >= 11 is 0. The van der Waals surface area contributed by atoms with Crippen LogP contribution in [0.5, 0.6) is 0 Å². The molecule has 0 aromatic heterocycles. The highest BCUT2D eigenvalue weighted by Gasteiger charge is 2.24. The molecule has 2 unspecified atom stereocenters. The Labute approximate surface area is 120 Å². The van der Waals surface area contributed by atoms with Gasteiger partial charge in [-0.3, -0.25) is 4.79 Å². The van der Waals surface area contributed by atoms with E-state index in [1.165, 1.54) is 0 Å². The minimum atomic E-state index is -0.106. The van der Waals surface area contributed by atoms with Crippen LogP contribution >= 0.6 is 0 Å². The van der Waals surface area contributed by atoms with Crippen LogP contribution in [0.15, 0.2) is 18.2 Å². The summed E-state index contributed by atoms with van der Waals surface area (Å²) in [5.74, 6) is -0.106. The molecule has 1 aromatic carbocycles. The fourth-order valence-corrected chi connectivity index (χ4v) is 2.48. The molecule has 1 aliphatic rings. The van der Waals surface area contributed by atoms with Crippen LogP contribution in [0.25, 0.3) is 0 Å². The number of nitrogen functional groups attached to an aromatic ring is 1. The number of nitrogens with one attached hydrogen (secondary N) is 1. The van der Waals surface area contributed by atoms with Crippen molar-refractivity contribution in [1.82, 2.24) is 5.32 Å². The second kappa shape index (κ2) is 6.13. The van der Waals surface area contributed by atoms with Crippen molar-refractivity contribution < 1.29 is 9.53 Å². The minimum absolute atomic E-state index is 0.0137. The minimum Gasteiger partial charge on any atom is -0.397 e. The first-order valence-electron chi connectivity index (χ1n) is 6.98. The van der Waals surface area contributed by atoms with E-state index in [1.54, 1.807) is 12.1 Å². The van der Waals surface area contributed by atoms with E-state index in [1.807, 2.05) is 32.0 Å². The van der Waals surface area contributed by atoms with E-state index in [4.69, 9.17) is 10.5 Å². The number of nitrogens with zero attached hydrogens (tertiary/aromatic N) is 1. The zero-order chi connectivity index (χ0) is 14.7. The van der Waals surface area contributed by atoms with Crippen LogP contribution in [0.1, 0.15) is 30.1 Å². The van der Waals surface area contributed by atoms with E-state index in [-0.39, 0.29) is 18.1 Å². The highest BCUT2D eigenvalue weighted by molar-refractivity contribution is 5.96. The zero-order valence-corrected chi connectivity index (χ0v) is 12.3. The highest BCUT2D eigenvalue weighted by Crippen LogP contribution is 2.22. The van der Waals surface area contributed by atoms with Gasteiger partial charge in [-0.25, -0.2) is 0 Å². The van der Waals surface area contributed by atoms with Gasteiger partial charge in [0, 0.05) is 26.3 Å². The Morgan fingerprint density at radius 1 is 1.50 bits per heavy atom. The molecular formula is C15H23N3O2. The molecule has 0 radical (unpaired) electrons. The van der Waals surface area contributed by atoms with Gasteiger partial charge in [-0.05, 0) is 38.0 Å². The van der Waals surface area contributed by atoms with Gasteiger partial charge in [0.25, 0.3) is 5.91 Å². The first-order valence-corrected chi connectivity index (χ1v) is 6.98. The normalized spacial score (nSPS) is 19.6. The first-order chi connectivity index (χ1) is 9.49. The van der Waals surface area contributed by atoms with Gasteiger partial charge in [-0.2, -0.15) is 0 Å².